The van der Waals surface area contributed by atoms with Gasteiger partial charge in [-0.25, -0.2) is 17.9 Å². The van der Waals surface area contributed by atoms with Crippen molar-refractivity contribution in [1.29, 1.82) is 0 Å². The summed E-state index contributed by atoms with van der Waals surface area (Å²) in [7, 11) is -3.93. The van der Waals surface area contributed by atoms with E-state index in [1.165, 1.54) is 6.07 Å². The lowest BCUT2D eigenvalue weighted by Crippen LogP contribution is -2.46. The Morgan fingerprint density at radius 1 is 1.37 bits per heavy atom. The predicted molar refractivity (Wildman–Crippen MR) is 67.2 cm³/mol. The average Bonchev–Trinajstić information content (AvgIpc) is 2.26. The monoisotopic (exact) mass is 286 g/mol. The maximum atomic E-state index is 12.1. The fourth-order valence-electron chi connectivity index (χ4n) is 1.92. The molecular weight excluding hydrogens is 272 g/mol. The number of carboxylic acids is 1. The first-order valence-corrected chi connectivity index (χ1v) is 7.11. The minimum atomic E-state index is -3.93. The molecule has 1 aromatic rings. The molecule has 1 saturated carbocycles. The van der Waals surface area contributed by atoms with Crippen LogP contribution in [0.4, 0.5) is 5.69 Å². The highest BCUT2D eigenvalue weighted by Crippen LogP contribution is 2.24. The van der Waals surface area contributed by atoms with Crippen LogP contribution in [0, 0.1) is 0 Å². The number of sulfonamides is 1. The van der Waals surface area contributed by atoms with E-state index in [-0.39, 0.29) is 22.2 Å². The van der Waals surface area contributed by atoms with Gasteiger partial charge < -0.3 is 15.9 Å². The molecule has 0 bridgehead atoms. The third kappa shape index (κ3) is 2.86. The summed E-state index contributed by atoms with van der Waals surface area (Å²) >= 11 is 0. The van der Waals surface area contributed by atoms with E-state index in [2.05, 4.69) is 4.72 Å². The van der Waals surface area contributed by atoms with Gasteiger partial charge in [0.2, 0.25) is 10.0 Å². The molecule has 5 N–H and O–H groups in total. The van der Waals surface area contributed by atoms with Crippen LogP contribution in [0.5, 0.6) is 0 Å². The normalized spacial score (nSPS) is 22.8. The van der Waals surface area contributed by atoms with Crippen LogP contribution >= 0.6 is 0 Å². The van der Waals surface area contributed by atoms with Crippen molar-refractivity contribution in [2.24, 2.45) is 0 Å². The van der Waals surface area contributed by atoms with E-state index in [4.69, 9.17) is 15.9 Å². The number of nitrogens with one attached hydrogen (secondary N) is 1. The van der Waals surface area contributed by atoms with Crippen LogP contribution in [0.25, 0.3) is 0 Å². The van der Waals surface area contributed by atoms with Gasteiger partial charge in [0.15, 0.2) is 0 Å². The van der Waals surface area contributed by atoms with Gasteiger partial charge in [-0.3, -0.25) is 0 Å². The number of aliphatic hydroxyl groups excluding tert-OH is 1. The number of hydrogen-bond acceptors (Lipinski definition) is 5. The van der Waals surface area contributed by atoms with E-state index >= 15 is 0 Å². The van der Waals surface area contributed by atoms with Gasteiger partial charge in [-0.2, -0.15) is 0 Å². The minimum absolute atomic E-state index is 0.176. The molecule has 7 nitrogen and oxygen atoms in total. The third-order valence-electron chi connectivity index (χ3n) is 2.96. The standard InChI is InChI=1S/C11H14N2O5S/c12-6-1-2-10(9(3-6)11(15)16)19(17,18)13-7-4-8(14)5-7/h1-3,7-8,13-14H,4-5,12H2,(H,15,16). The zero-order valence-corrected chi connectivity index (χ0v) is 10.7. The van der Waals surface area contributed by atoms with Gasteiger partial charge in [-0.15, -0.1) is 0 Å². The highest BCUT2D eigenvalue weighted by molar-refractivity contribution is 7.89. The molecule has 1 aliphatic rings. The lowest BCUT2D eigenvalue weighted by atomic mass is 9.91. The topological polar surface area (TPSA) is 130 Å². The molecule has 0 saturated heterocycles. The number of anilines is 1. The lowest BCUT2D eigenvalue weighted by Gasteiger charge is -2.31. The largest absolute Gasteiger partial charge is 0.478 e. The molecule has 2 rings (SSSR count). The molecule has 0 aromatic heterocycles. The second kappa shape index (κ2) is 4.80. The van der Waals surface area contributed by atoms with Gasteiger partial charge in [0.25, 0.3) is 0 Å². The van der Waals surface area contributed by atoms with Crippen molar-refractivity contribution in [3.8, 4) is 0 Å². The van der Waals surface area contributed by atoms with Gasteiger partial charge in [0.05, 0.1) is 16.6 Å². The van der Waals surface area contributed by atoms with Crippen molar-refractivity contribution in [3.05, 3.63) is 23.8 Å². The highest BCUT2D eigenvalue weighted by Gasteiger charge is 2.32. The van der Waals surface area contributed by atoms with E-state index < -0.39 is 22.1 Å². The molecular formula is C11H14N2O5S. The molecule has 0 amide bonds. The van der Waals surface area contributed by atoms with Crippen LogP contribution in [0.1, 0.15) is 23.2 Å². The molecule has 0 unspecified atom stereocenters. The highest BCUT2D eigenvalue weighted by atomic mass is 32.2. The Balaban J connectivity index is 2.32. The Bertz CT molecular complexity index is 608. The van der Waals surface area contributed by atoms with Gasteiger partial charge >= 0.3 is 5.97 Å². The first kappa shape index (κ1) is 13.8. The van der Waals surface area contributed by atoms with Gasteiger partial charge in [-0.1, -0.05) is 0 Å². The van der Waals surface area contributed by atoms with Crippen LogP contribution in [0.3, 0.4) is 0 Å². The molecule has 0 spiro atoms. The van der Waals surface area contributed by atoms with E-state index in [1.54, 1.807) is 0 Å². The Hall–Kier alpha value is -1.64. The third-order valence-corrected chi connectivity index (χ3v) is 4.54. The second-order valence-corrected chi connectivity index (χ2v) is 6.19. The molecule has 1 aliphatic carbocycles. The molecule has 19 heavy (non-hydrogen) atoms. The quantitative estimate of drug-likeness (QED) is 0.566. The van der Waals surface area contributed by atoms with Crippen molar-refractivity contribution >= 4 is 21.7 Å². The summed E-state index contributed by atoms with van der Waals surface area (Å²) in [5, 5.41) is 18.1. The average molecular weight is 286 g/mol. The number of carbonyl (C=O) groups is 1. The van der Waals surface area contributed by atoms with Crippen molar-refractivity contribution in [2.75, 3.05) is 5.73 Å². The maximum absolute atomic E-state index is 12.1. The number of nitrogen functional groups attached to an aromatic ring is 1. The fourth-order valence-corrected chi connectivity index (χ4v) is 3.36. The molecule has 1 aromatic carbocycles. The summed E-state index contributed by atoms with van der Waals surface area (Å²) in [5.41, 5.74) is 5.26. The molecule has 104 valence electrons. The lowest BCUT2D eigenvalue weighted by molar-refractivity contribution is 0.0685. The van der Waals surface area contributed by atoms with E-state index in [9.17, 15) is 13.2 Å². The molecule has 0 atom stereocenters. The summed E-state index contributed by atoms with van der Waals surface area (Å²) < 4.78 is 26.5. The van der Waals surface area contributed by atoms with Gasteiger partial charge in [-0.05, 0) is 31.0 Å². The van der Waals surface area contributed by atoms with E-state index in [1.807, 2.05) is 0 Å². The van der Waals surface area contributed by atoms with Crippen molar-refractivity contribution in [1.82, 2.24) is 4.72 Å². The van der Waals surface area contributed by atoms with E-state index in [0.29, 0.717) is 12.8 Å². The summed E-state index contributed by atoms with van der Waals surface area (Å²) in [6, 6.07) is 3.23. The molecule has 0 radical (unpaired) electrons. The number of hydrogen-bond donors (Lipinski definition) is 4. The number of rotatable bonds is 4. The molecule has 0 aliphatic heterocycles. The molecule has 0 heterocycles. The van der Waals surface area contributed by atoms with Gasteiger partial charge in [0, 0.05) is 11.7 Å². The number of carboxylic acid groups (broad SMARTS) is 1. The Morgan fingerprint density at radius 3 is 2.53 bits per heavy atom. The minimum Gasteiger partial charge on any atom is -0.478 e. The predicted octanol–water partition coefficient (Wildman–Crippen LogP) is -0.231. The summed E-state index contributed by atoms with van der Waals surface area (Å²) in [4.78, 5) is 10.7. The van der Waals surface area contributed by atoms with Crippen LogP contribution in [-0.2, 0) is 10.0 Å². The Morgan fingerprint density at radius 2 is 2.00 bits per heavy atom. The first-order chi connectivity index (χ1) is 8.79. The first-order valence-electron chi connectivity index (χ1n) is 5.63. The smallest absolute Gasteiger partial charge is 0.337 e. The molecule has 8 heteroatoms. The number of nitrogens with two attached hydrogens (primary N) is 1. The Labute approximate surface area is 110 Å². The van der Waals surface area contributed by atoms with Crippen LogP contribution in [0.2, 0.25) is 0 Å². The fraction of sp³-hybridized carbons (Fsp3) is 0.364. The number of aromatic carboxylic acids is 1. The zero-order chi connectivity index (χ0) is 14.2. The summed E-state index contributed by atoms with van der Waals surface area (Å²) in [6.07, 6.45) is 0.158. The zero-order valence-electron chi connectivity index (χ0n) is 9.91. The van der Waals surface area contributed by atoms with Crippen molar-refractivity contribution < 1.29 is 23.4 Å². The number of aliphatic hydroxyl groups is 1. The molecule has 1 fully saturated rings. The SMILES string of the molecule is Nc1ccc(S(=O)(=O)NC2CC(O)C2)c(C(=O)O)c1. The summed E-state index contributed by atoms with van der Waals surface area (Å²) in [5.74, 6) is -1.36. The van der Waals surface area contributed by atoms with E-state index in [0.717, 1.165) is 12.1 Å². The van der Waals surface area contributed by atoms with Crippen LogP contribution in [0.15, 0.2) is 23.1 Å². The Kier molecular flexibility index (Phi) is 3.48. The second-order valence-electron chi connectivity index (χ2n) is 4.50. The maximum Gasteiger partial charge on any atom is 0.337 e. The number of benzene rings is 1. The summed E-state index contributed by atoms with van der Waals surface area (Å²) in [6.45, 7) is 0. The van der Waals surface area contributed by atoms with Crippen molar-refractivity contribution in [2.45, 2.75) is 29.9 Å². The van der Waals surface area contributed by atoms with Crippen molar-refractivity contribution in [3.63, 3.8) is 0 Å². The van der Waals surface area contributed by atoms with Crippen LogP contribution < -0.4 is 10.5 Å². The van der Waals surface area contributed by atoms with Gasteiger partial charge in [0.1, 0.15) is 0 Å². The van der Waals surface area contributed by atoms with Crippen LogP contribution in [-0.4, -0.2) is 36.7 Å².